The summed E-state index contributed by atoms with van der Waals surface area (Å²) in [7, 11) is 4.58. The fourth-order valence-corrected chi connectivity index (χ4v) is 1.57. The SMILES string of the molecule is C#CCC(O)c1c(OC)cc(OC)cc1OC. The first kappa shape index (κ1) is 13.2. The van der Waals surface area contributed by atoms with Crippen molar-refractivity contribution in [3.8, 4) is 29.6 Å². The second-order valence-electron chi connectivity index (χ2n) is 3.37. The van der Waals surface area contributed by atoms with E-state index in [0.29, 0.717) is 22.8 Å². The highest BCUT2D eigenvalue weighted by atomic mass is 16.5. The van der Waals surface area contributed by atoms with Gasteiger partial charge in [0.2, 0.25) is 0 Å². The molecular formula is C13H16O4. The smallest absolute Gasteiger partial charge is 0.132 e. The van der Waals surface area contributed by atoms with Crippen LogP contribution in [0.4, 0.5) is 0 Å². The molecule has 0 spiro atoms. The topological polar surface area (TPSA) is 47.9 Å². The van der Waals surface area contributed by atoms with Crippen LogP contribution in [0.5, 0.6) is 17.2 Å². The molecular weight excluding hydrogens is 220 g/mol. The summed E-state index contributed by atoms with van der Waals surface area (Å²) in [5.74, 6) is 3.98. The number of methoxy groups -OCH3 is 3. The molecule has 0 saturated heterocycles. The van der Waals surface area contributed by atoms with Gasteiger partial charge in [0.15, 0.2) is 0 Å². The number of aliphatic hydroxyl groups is 1. The Morgan fingerprint density at radius 2 is 1.71 bits per heavy atom. The molecule has 1 atom stereocenters. The fraction of sp³-hybridized carbons (Fsp3) is 0.385. The number of terminal acetylenes is 1. The molecule has 0 fully saturated rings. The van der Waals surface area contributed by atoms with Crippen molar-refractivity contribution < 1.29 is 19.3 Å². The Morgan fingerprint density at radius 3 is 2.06 bits per heavy atom. The lowest BCUT2D eigenvalue weighted by molar-refractivity contribution is 0.174. The standard InChI is InChI=1S/C13H16O4/c1-5-6-10(14)13-11(16-3)7-9(15-2)8-12(13)17-4/h1,7-8,10,14H,6H2,2-4H3. The van der Waals surface area contributed by atoms with Gasteiger partial charge in [0.1, 0.15) is 17.2 Å². The number of hydrogen-bond donors (Lipinski definition) is 1. The summed E-state index contributed by atoms with van der Waals surface area (Å²) in [6, 6.07) is 3.36. The molecule has 0 aromatic heterocycles. The van der Waals surface area contributed by atoms with Gasteiger partial charge in [-0.2, -0.15) is 0 Å². The molecule has 4 heteroatoms. The van der Waals surface area contributed by atoms with Crippen molar-refractivity contribution in [2.24, 2.45) is 0 Å². The average molecular weight is 236 g/mol. The maximum absolute atomic E-state index is 9.96. The van der Waals surface area contributed by atoms with E-state index in [1.54, 1.807) is 19.2 Å². The summed E-state index contributed by atoms with van der Waals surface area (Å²) in [5, 5.41) is 9.96. The van der Waals surface area contributed by atoms with Crippen molar-refractivity contribution in [2.75, 3.05) is 21.3 Å². The van der Waals surface area contributed by atoms with E-state index < -0.39 is 6.10 Å². The van der Waals surface area contributed by atoms with Crippen LogP contribution in [0.1, 0.15) is 18.1 Å². The van der Waals surface area contributed by atoms with Crippen LogP contribution in [0.2, 0.25) is 0 Å². The Hall–Kier alpha value is -1.86. The predicted molar refractivity (Wildman–Crippen MR) is 64.5 cm³/mol. The van der Waals surface area contributed by atoms with E-state index >= 15 is 0 Å². The summed E-state index contributed by atoms with van der Waals surface area (Å²) < 4.78 is 15.5. The summed E-state index contributed by atoms with van der Waals surface area (Å²) in [4.78, 5) is 0. The van der Waals surface area contributed by atoms with Crippen LogP contribution in [0.25, 0.3) is 0 Å². The molecule has 17 heavy (non-hydrogen) atoms. The van der Waals surface area contributed by atoms with Crippen molar-refractivity contribution in [3.05, 3.63) is 17.7 Å². The van der Waals surface area contributed by atoms with Crippen molar-refractivity contribution >= 4 is 0 Å². The lowest BCUT2D eigenvalue weighted by atomic mass is 10.0. The van der Waals surface area contributed by atoms with Gasteiger partial charge in [0.25, 0.3) is 0 Å². The molecule has 1 rings (SSSR count). The molecule has 0 aliphatic rings. The van der Waals surface area contributed by atoms with Crippen molar-refractivity contribution in [2.45, 2.75) is 12.5 Å². The van der Waals surface area contributed by atoms with E-state index in [1.165, 1.54) is 14.2 Å². The highest BCUT2D eigenvalue weighted by Crippen LogP contribution is 2.39. The number of hydrogen-bond acceptors (Lipinski definition) is 4. The molecule has 0 amide bonds. The van der Waals surface area contributed by atoms with Crippen LogP contribution in [0, 0.1) is 12.3 Å². The zero-order chi connectivity index (χ0) is 12.8. The minimum Gasteiger partial charge on any atom is -0.496 e. The summed E-state index contributed by atoms with van der Waals surface area (Å²) in [5.41, 5.74) is 0.536. The zero-order valence-electron chi connectivity index (χ0n) is 10.2. The van der Waals surface area contributed by atoms with E-state index in [0.717, 1.165) is 0 Å². The van der Waals surface area contributed by atoms with Crippen LogP contribution < -0.4 is 14.2 Å². The largest absolute Gasteiger partial charge is 0.496 e. The molecule has 0 saturated carbocycles. The zero-order valence-corrected chi connectivity index (χ0v) is 10.2. The third kappa shape index (κ3) is 2.83. The first-order valence-electron chi connectivity index (χ1n) is 5.09. The van der Waals surface area contributed by atoms with E-state index in [9.17, 15) is 5.11 Å². The minimum absolute atomic E-state index is 0.194. The Balaban J connectivity index is 3.29. The van der Waals surface area contributed by atoms with E-state index in [2.05, 4.69) is 5.92 Å². The third-order valence-electron chi connectivity index (χ3n) is 2.40. The van der Waals surface area contributed by atoms with Crippen molar-refractivity contribution in [1.82, 2.24) is 0 Å². The Labute approximate surface area is 101 Å². The third-order valence-corrected chi connectivity index (χ3v) is 2.40. The van der Waals surface area contributed by atoms with Gasteiger partial charge in [-0.1, -0.05) is 0 Å². The van der Waals surface area contributed by atoms with Crippen LogP contribution in [-0.2, 0) is 0 Å². The van der Waals surface area contributed by atoms with Gasteiger partial charge >= 0.3 is 0 Å². The van der Waals surface area contributed by atoms with Crippen LogP contribution in [-0.4, -0.2) is 26.4 Å². The predicted octanol–water partition coefficient (Wildman–Crippen LogP) is 1.77. The van der Waals surface area contributed by atoms with Gasteiger partial charge in [-0.05, 0) is 0 Å². The number of ether oxygens (including phenoxy) is 3. The highest BCUT2D eigenvalue weighted by molar-refractivity contribution is 5.52. The number of rotatable bonds is 5. The second kappa shape index (κ2) is 6.02. The van der Waals surface area contributed by atoms with Gasteiger partial charge in [0.05, 0.1) is 33.0 Å². The lowest BCUT2D eigenvalue weighted by Crippen LogP contribution is -2.03. The van der Waals surface area contributed by atoms with Gasteiger partial charge in [0, 0.05) is 18.6 Å². The van der Waals surface area contributed by atoms with E-state index in [-0.39, 0.29) is 6.42 Å². The maximum Gasteiger partial charge on any atom is 0.132 e. The molecule has 0 bridgehead atoms. The van der Waals surface area contributed by atoms with E-state index in [4.69, 9.17) is 20.6 Å². The van der Waals surface area contributed by atoms with Gasteiger partial charge in [-0.25, -0.2) is 0 Å². The van der Waals surface area contributed by atoms with Crippen LogP contribution in [0.3, 0.4) is 0 Å². The Kier molecular flexibility index (Phi) is 4.68. The van der Waals surface area contributed by atoms with E-state index in [1.807, 2.05) is 0 Å². The summed E-state index contributed by atoms with van der Waals surface area (Å²) >= 11 is 0. The lowest BCUT2D eigenvalue weighted by Gasteiger charge is -2.17. The maximum atomic E-state index is 9.96. The molecule has 0 aliphatic heterocycles. The fourth-order valence-electron chi connectivity index (χ4n) is 1.57. The monoisotopic (exact) mass is 236 g/mol. The molecule has 1 aromatic rings. The first-order valence-corrected chi connectivity index (χ1v) is 5.09. The van der Waals surface area contributed by atoms with Crippen molar-refractivity contribution in [1.29, 1.82) is 0 Å². The molecule has 92 valence electrons. The normalized spacial score (nSPS) is 11.5. The molecule has 0 aliphatic carbocycles. The molecule has 0 heterocycles. The average Bonchev–Trinajstić information content (AvgIpc) is 2.37. The van der Waals surface area contributed by atoms with Gasteiger partial charge < -0.3 is 19.3 Å². The number of aliphatic hydroxyl groups excluding tert-OH is 1. The Morgan fingerprint density at radius 1 is 1.18 bits per heavy atom. The van der Waals surface area contributed by atoms with Gasteiger partial charge in [-0.15, -0.1) is 12.3 Å². The Bertz CT molecular complexity index is 395. The number of benzene rings is 1. The quantitative estimate of drug-likeness (QED) is 0.791. The van der Waals surface area contributed by atoms with Crippen LogP contribution in [0.15, 0.2) is 12.1 Å². The molecule has 0 radical (unpaired) electrons. The highest BCUT2D eigenvalue weighted by Gasteiger charge is 2.19. The molecule has 1 N–H and O–H groups in total. The first-order chi connectivity index (χ1) is 8.17. The molecule has 4 nitrogen and oxygen atoms in total. The summed E-state index contributed by atoms with van der Waals surface area (Å²) in [6.45, 7) is 0. The minimum atomic E-state index is -0.823. The van der Waals surface area contributed by atoms with Crippen LogP contribution >= 0.6 is 0 Å². The van der Waals surface area contributed by atoms with Crippen molar-refractivity contribution in [3.63, 3.8) is 0 Å². The summed E-state index contributed by atoms with van der Waals surface area (Å²) in [6.07, 6.45) is 4.56. The molecule has 1 aromatic carbocycles. The second-order valence-corrected chi connectivity index (χ2v) is 3.37. The van der Waals surface area contributed by atoms with Gasteiger partial charge in [-0.3, -0.25) is 0 Å². The molecule has 1 unspecified atom stereocenters.